The summed E-state index contributed by atoms with van der Waals surface area (Å²) in [6.07, 6.45) is 0.674. The fourth-order valence-electron chi connectivity index (χ4n) is 4.28. The number of nitrogens with one attached hydrogen (secondary N) is 1. The molecule has 8 heteroatoms. The van der Waals surface area contributed by atoms with Gasteiger partial charge in [0.25, 0.3) is 0 Å². The number of halogens is 1. The molecule has 3 aromatic rings. The highest BCUT2D eigenvalue weighted by molar-refractivity contribution is 6.30. The van der Waals surface area contributed by atoms with Crippen LogP contribution in [0.4, 0.5) is 10.5 Å². The van der Waals surface area contributed by atoms with Gasteiger partial charge < -0.3 is 29.2 Å². The number of hydrogen-bond donors (Lipinski definition) is 1. The SMILES string of the molecule is COc1ccc([C@@H]2c3cc(OC)c(OC)cc3CCN2C(=O)Nc2ccc(Cl)cc2)cc1OC. The Hall–Kier alpha value is -3.58. The normalized spacial score (nSPS) is 14.7. The number of methoxy groups -OCH3 is 4. The fourth-order valence-corrected chi connectivity index (χ4v) is 4.40. The summed E-state index contributed by atoms with van der Waals surface area (Å²) >= 11 is 6.00. The van der Waals surface area contributed by atoms with Gasteiger partial charge >= 0.3 is 6.03 Å². The monoisotopic (exact) mass is 482 g/mol. The van der Waals surface area contributed by atoms with Crippen LogP contribution >= 0.6 is 11.6 Å². The zero-order valence-electron chi connectivity index (χ0n) is 19.6. The highest BCUT2D eigenvalue weighted by Crippen LogP contribution is 2.43. The van der Waals surface area contributed by atoms with E-state index >= 15 is 0 Å². The molecule has 34 heavy (non-hydrogen) atoms. The van der Waals surface area contributed by atoms with Crippen molar-refractivity contribution in [1.29, 1.82) is 0 Å². The third kappa shape index (κ3) is 4.56. The summed E-state index contributed by atoms with van der Waals surface area (Å²) in [5, 5.41) is 3.59. The first-order valence-electron chi connectivity index (χ1n) is 10.8. The van der Waals surface area contributed by atoms with Crippen LogP contribution in [-0.2, 0) is 6.42 Å². The molecule has 0 unspecified atom stereocenters. The number of rotatable bonds is 6. The first-order valence-corrected chi connectivity index (χ1v) is 11.2. The van der Waals surface area contributed by atoms with E-state index in [0.29, 0.717) is 46.7 Å². The van der Waals surface area contributed by atoms with Crippen LogP contribution in [0.15, 0.2) is 54.6 Å². The van der Waals surface area contributed by atoms with Crippen LogP contribution in [0.25, 0.3) is 0 Å². The topological polar surface area (TPSA) is 69.3 Å². The lowest BCUT2D eigenvalue weighted by Crippen LogP contribution is -2.43. The van der Waals surface area contributed by atoms with Gasteiger partial charge in [-0.25, -0.2) is 4.79 Å². The van der Waals surface area contributed by atoms with Gasteiger partial charge in [-0.05, 0) is 71.6 Å². The summed E-state index contributed by atoms with van der Waals surface area (Å²) in [6, 6.07) is 16.1. The van der Waals surface area contributed by atoms with Crippen molar-refractivity contribution in [3.63, 3.8) is 0 Å². The molecule has 0 spiro atoms. The number of urea groups is 1. The number of hydrogen-bond acceptors (Lipinski definition) is 5. The third-order valence-corrected chi connectivity index (χ3v) is 6.21. The van der Waals surface area contributed by atoms with E-state index in [0.717, 1.165) is 16.7 Å². The maximum atomic E-state index is 13.5. The number of carbonyl (C=O) groups is 1. The minimum absolute atomic E-state index is 0.220. The lowest BCUT2D eigenvalue weighted by atomic mass is 9.87. The highest BCUT2D eigenvalue weighted by atomic mass is 35.5. The van der Waals surface area contributed by atoms with Gasteiger partial charge in [0.05, 0.1) is 34.5 Å². The molecule has 0 saturated heterocycles. The van der Waals surface area contributed by atoms with Crippen LogP contribution in [0.2, 0.25) is 5.02 Å². The first-order chi connectivity index (χ1) is 16.5. The van der Waals surface area contributed by atoms with E-state index in [9.17, 15) is 4.79 Å². The van der Waals surface area contributed by atoms with Gasteiger partial charge in [-0.1, -0.05) is 17.7 Å². The first kappa shape index (κ1) is 23.6. The molecular formula is C26H27ClN2O5. The van der Waals surface area contributed by atoms with Gasteiger partial charge in [-0.3, -0.25) is 0 Å². The predicted octanol–water partition coefficient (Wildman–Crippen LogP) is 5.55. The standard InChI is InChI=1S/C26H27ClN2O5/c1-31-21-10-5-17(14-22(21)32-2)25-20-15-24(34-4)23(33-3)13-16(20)11-12-29(25)26(30)28-19-8-6-18(27)7-9-19/h5-10,13-15,25H,11-12H2,1-4H3,(H,28,30)/t25-/m1/s1. The lowest BCUT2D eigenvalue weighted by Gasteiger charge is -2.38. The maximum Gasteiger partial charge on any atom is 0.322 e. The van der Waals surface area contributed by atoms with Crippen LogP contribution < -0.4 is 24.3 Å². The van der Waals surface area contributed by atoms with Crippen molar-refractivity contribution in [2.24, 2.45) is 0 Å². The van der Waals surface area contributed by atoms with E-state index < -0.39 is 0 Å². The van der Waals surface area contributed by atoms with Crippen molar-refractivity contribution in [3.05, 3.63) is 76.3 Å². The van der Waals surface area contributed by atoms with Crippen molar-refractivity contribution in [3.8, 4) is 23.0 Å². The number of benzene rings is 3. The van der Waals surface area contributed by atoms with E-state index in [-0.39, 0.29) is 12.1 Å². The Bertz CT molecular complexity index is 1180. The van der Waals surface area contributed by atoms with E-state index in [1.54, 1.807) is 52.7 Å². The molecule has 0 fully saturated rings. The van der Waals surface area contributed by atoms with Crippen molar-refractivity contribution in [2.75, 3.05) is 40.3 Å². The number of anilines is 1. The maximum absolute atomic E-state index is 13.5. The zero-order valence-corrected chi connectivity index (χ0v) is 20.3. The molecule has 0 aliphatic carbocycles. The van der Waals surface area contributed by atoms with Gasteiger partial charge in [0.2, 0.25) is 0 Å². The summed E-state index contributed by atoms with van der Waals surface area (Å²) < 4.78 is 22.0. The molecule has 2 amide bonds. The number of carbonyl (C=O) groups excluding carboxylic acids is 1. The van der Waals surface area contributed by atoms with Crippen molar-refractivity contribution in [1.82, 2.24) is 4.90 Å². The van der Waals surface area contributed by atoms with Gasteiger partial charge in [-0.15, -0.1) is 0 Å². The van der Waals surface area contributed by atoms with Gasteiger partial charge in [0.1, 0.15) is 0 Å². The fraction of sp³-hybridized carbons (Fsp3) is 0.269. The molecule has 1 aliphatic heterocycles. The van der Waals surface area contributed by atoms with E-state index in [2.05, 4.69) is 5.32 Å². The van der Waals surface area contributed by atoms with E-state index in [1.807, 2.05) is 35.2 Å². The second kappa shape index (κ2) is 10.1. The summed E-state index contributed by atoms with van der Waals surface area (Å²) in [5.74, 6) is 2.47. The van der Waals surface area contributed by atoms with Crippen LogP contribution in [0.3, 0.4) is 0 Å². The van der Waals surface area contributed by atoms with Crippen LogP contribution in [0.1, 0.15) is 22.7 Å². The molecule has 1 N–H and O–H groups in total. The highest BCUT2D eigenvalue weighted by Gasteiger charge is 2.34. The molecule has 1 aliphatic rings. The third-order valence-electron chi connectivity index (χ3n) is 5.95. The predicted molar refractivity (Wildman–Crippen MR) is 132 cm³/mol. The average molecular weight is 483 g/mol. The molecule has 0 bridgehead atoms. The Kier molecular flexibility index (Phi) is 7.03. The van der Waals surface area contributed by atoms with E-state index in [4.69, 9.17) is 30.5 Å². The molecule has 0 saturated carbocycles. The molecule has 7 nitrogen and oxygen atoms in total. The number of fused-ring (bicyclic) bond motifs is 1. The van der Waals surface area contributed by atoms with Crippen molar-refractivity contribution < 1.29 is 23.7 Å². The zero-order chi connectivity index (χ0) is 24.2. The molecule has 3 aromatic carbocycles. The van der Waals surface area contributed by atoms with Crippen LogP contribution in [0, 0.1) is 0 Å². The van der Waals surface area contributed by atoms with Crippen LogP contribution in [-0.4, -0.2) is 45.9 Å². The molecule has 4 rings (SSSR count). The van der Waals surface area contributed by atoms with Gasteiger partial charge in [-0.2, -0.15) is 0 Å². The van der Waals surface area contributed by atoms with Gasteiger partial charge in [0, 0.05) is 17.3 Å². The molecule has 178 valence electrons. The second-order valence-electron chi connectivity index (χ2n) is 7.80. The Labute approximate surface area is 204 Å². The summed E-state index contributed by atoms with van der Waals surface area (Å²) in [4.78, 5) is 15.3. The van der Waals surface area contributed by atoms with Gasteiger partial charge in [0.15, 0.2) is 23.0 Å². The van der Waals surface area contributed by atoms with E-state index in [1.165, 1.54) is 0 Å². The van der Waals surface area contributed by atoms with Crippen LogP contribution in [0.5, 0.6) is 23.0 Å². The molecule has 1 atom stereocenters. The minimum atomic E-state index is -0.379. The summed E-state index contributed by atoms with van der Waals surface area (Å²) in [6.45, 7) is 0.515. The number of amides is 2. The molecule has 1 heterocycles. The summed E-state index contributed by atoms with van der Waals surface area (Å²) in [7, 11) is 6.40. The Morgan fingerprint density at radius 3 is 2.12 bits per heavy atom. The summed E-state index contributed by atoms with van der Waals surface area (Å²) in [5.41, 5.74) is 3.60. The largest absolute Gasteiger partial charge is 0.493 e. The van der Waals surface area contributed by atoms with Crippen molar-refractivity contribution >= 4 is 23.3 Å². The minimum Gasteiger partial charge on any atom is -0.493 e. The lowest BCUT2D eigenvalue weighted by molar-refractivity contribution is 0.193. The van der Waals surface area contributed by atoms with Crippen molar-refractivity contribution in [2.45, 2.75) is 12.5 Å². The second-order valence-corrected chi connectivity index (χ2v) is 8.24. The number of ether oxygens (including phenoxy) is 4. The molecular weight excluding hydrogens is 456 g/mol. The molecule has 0 aromatic heterocycles. The smallest absolute Gasteiger partial charge is 0.322 e. The Morgan fingerprint density at radius 1 is 0.853 bits per heavy atom. The Balaban J connectivity index is 1.80. The quantitative estimate of drug-likeness (QED) is 0.498. The Morgan fingerprint density at radius 2 is 1.47 bits per heavy atom. The molecule has 0 radical (unpaired) electrons. The number of nitrogens with zero attached hydrogens (tertiary/aromatic N) is 1. The average Bonchev–Trinajstić information content (AvgIpc) is 2.87.